The summed E-state index contributed by atoms with van der Waals surface area (Å²) in [7, 11) is 1.36. The predicted molar refractivity (Wildman–Crippen MR) is 156 cm³/mol. The Morgan fingerprint density at radius 3 is 2.26 bits per heavy atom. The van der Waals surface area contributed by atoms with E-state index in [1.165, 1.54) is 37.5 Å². The van der Waals surface area contributed by atoms with Crippen LogP contribution in [0.1, 0.15) is 5.56 Å². The fraction of sp³-hybridized carbons (Fsp3) is 0.226. The minimum atomic E-state index is -1.87. The average molecular weight is 642 g/mol. The fourth-order valence-electron chi connectivity index (χ4n) is 4.66. The maximum atomic E-state index is 12.4. The number of hydrogen-bond donors (Lipinski definition) is 9. The van der Waals surface area contributed by atoms with Crippen molar-refractivity contribution in [1.29, 1.82) is 0 Å². The Balaban J connectivity index is 1.40. The van der Waals surface area contributed by atoms with Crippen LogP contribution in [0.2, 0.25) is 0 Å². The Morgan fingerprint density at radius 2 is 1.57 bits per heavy atom. The first-order valence-electron chi connectivity index (χ1n) is 13.5. The largest absolute Gasteiger partial charge is 0.507 e. The minimum Gasteiger partial charge on any atom is -0.507 e. The third kappa shape index (κ3) is 6.47. The van der Waals surface area contributed by atoms with Gasteiger partial charge in [-0.05, 0) is 23.8 Å². The van der Waals surface area contributed by atoms with Gasteiger partial charge in [-0.15, -0.1) is 0 Å². The van der Waals surface area contributed by atoms with E-state index < -0.39 is 66.3 Å². The summed E-state index contributed by atoms with van der Waals surface area (Å²) in [6, 6.07) is 9.78. The molecule has 0 unspecified atom stereocenters. The molecule has 1 fully saturated rings. The molecule has 2 heterocycles. The smallest absolute Gasteiger partial charge is 0.402 e. The van der Waals surface area contributed by atoms with Crippen LogP contribution in [0, 0.1) is 0 Å². The van der Waals surface area contributed by atoms with Crippen molar-refractivity contribution >= 4 is 23.0 Å². The molecule has 15 heteroatoms. The zero-order valence-electron chi connectivity index (χ0n) is 23.8. The van der Waals surface area contributed by atoms with Gasteiger partial charge in [0.15, 0.2) is 28.7 Å². The first kappa shape index (κ1) is 31.9. The first-order chi connectivity index (χ1) is 21.9. The lowest BCUT2D eigenvalue weighted by atomic mass is 9.99. The lowest BCUT2D eigenvalue weighted by Crippen LogP contribution is -2.60. The number of esters is 1. The van der Waals surface area contributed by atoms with Gasteiger partial charge in [0.2, 0.25) is 12.0 Å². The van der Waals surface area contributed by atoms with Crippen LogP contribution in [0.25, 0.3) is 28.4 Å². The molecule has 4 aromatic rings. The van der Waals surface area contributed by atoms with Crippen molar-refractivity contribution in [3.05, 3.63) is 60.2 Å². The van der Waals surface area contributed by atoms with E-state index in [-0.39, 0.29) is 45.3 Å². The lowest BCUT2D eigenvalue weighted by Gasteiger charge is -2.39. The van der Waals surface area contributed by atoms with Crippen molar-refractivity contribution < 1.29 is 74.1 Å². The molecule has 1 aliphatic heterocycles. The summed E-state index contributed by atoms with van der Waals surface area (Å²) in [6.07, 6.45) is -6.16. The van der Waals surface area contributed by atoms with Gasteiger partial charge in [0.25, 0.3) is 0 Å². The zero-order valence-corrected chi connectivity index (χ0v) is 23.8. The molecular weight excluding hydrogens is 612 g/mol. The van der Waals surface area contributed by atoms with E-state index in [0.29, 0.717) is 5.56 Å². The standard InChI is InChI=1S/C31H28O15/c1-42-22-6-13(2-4-17(22)33)3-5-25(37)43-12-24-27(39)28(40)29(41)31(46-24)45-23-11-16-18(34)9-15(32)10-21(16)44-30(23)14-7-19(35)26(38)20(36)8-14/h2-11,24,27-29,31,39-41H,12H2,1H3,(H5-,32,33,34,35,36,37,38)/p+1/t24-,27-,28+,29-,31-/m1/s1. The van der Waals surface area contributed by atoms with Crippen LogP contribution in [0.5, 0.6) is 46.0 Å². The van der Waals surface area contributed by atoms with Gasteiger partial charge in [0.05, 0.1) is 18.7 Å². The topological polar surface area (TPSA) is 247 Å². The molecule has 0 aliphatic carbocycles. The summed E-state index contributed by atoms with van der Waals surface area (Å²) in [5.41, 5.74) is 0.360. The third-order valence-corrected chi connectivity index (χ3v) is 7.07. The Morgan fingerprint density at radius 1 is 0.848 bits per heavy atom. The van der Waals surface area contributed by atoms with Crippen LogP contribution >= 0.6 is 0 Å². The van der Waals surface area contributed by atoms with Crippen LogP contribution in [0.15, 0.2) is 59.0 Å². The van der Waals surface area contributed by atoms with E-state index in [0.717, 1.165) is 30.3 Å². The Hall–Kier alpha value is -5.48. The zero-order chi connectivity index (χ0) is 33.3. The number of hydrogen-bond acceptors (Lipinski definition) is 14. The fourth-order valence-corrected chi connectivity index (χ4v) is 4.66. The number of carbonyl (C=O) groups is 1. The van der Waals surface area contributed by atoms with Crippen LogP contribution in [0.4, 0.5) is 0 Å². The molecule has 1 aliphatic rings. The molecule has 9 N–H and O–H groups in total. The van der Waals surface area contributed by atoms with Crippen molar-refractivity contribution in [2.45, 2.75) is 30.7 Å². The molecule has 0 saturated carbocycles. The van der Waals surface area contributed by atoms with Crippen molar-refractivity contribution in [3.63, 3.8) is 0 Å². The number of rotatable bonds is 8. The van der Waals surface area contributed by atoms with E-state index in [1.54, 1.807) is 0 Å². The van der Waals surface area contributed by atoms with Crippen molar-refractivity contribution in [3.8, 4) is 57.3 Å². The number of ether oxygens (including phenoxy) is 4. The maximum Gasteiger partial charge on any atom is 0.402 e. The van der Waals surface area contributed by atoms with E-state index in [9.17, 15) is 50.8 Å². The second-order valence-corrected chi connectivity index (χ2v) is 10.2. The molecule has 1 aromatic heterocycles. The number of methoxy groups -OCH3 is 1. The summed E-state index contributed by atoms with van der Waals surface area (Å²) in [6.45, 7) is -0.596. The first-order valence-corrected chi connectivity index (χ1v) is 13.5. The van der Waals surface area contributed by atoms with Gasteiger partial charge in [-0.2, -0.15) is 0 Å². The number of phenols is 6. The van der Waals surface area contributed by atoms with Crippen LogP contribution < -0.4 is 9.47 Å². The van der Waals surface area contributed by atoms with Crippen molar-refractivity contribution in [2.75, 3.05) is 13.7 Å². The van der Waals surface area contributed by atoms with Gasteiger partial charge < -0.3 is 64.9 Å². The van der Waals surface area contributed by atoms with E-state index in [1.807, 2.05) is 0 Å². The second kappa shape index (κ2) is 12.9. The summed E-state index contributed by atoms with van der Waals surface area (Å²) in [4.78, 5) is 12.4. The highest BCUT2D eigenvalue weighted by atomic mass is 16.7. The minimum absolute atomic E-state index is 0.0122. The molecule has 0 bridgehead atoms. The van der Waals surface area contributed by atoms with E-state index >= 15 is 0 Å². The number of benzene rings is 3. The summed E-state index contributed by atoms with van der Waals surface area (Å²) < 4.78 is 27.5. The quantitative estimate of drug-likeness (QED) is 0.0578. The van der Waals surface area contributed by atoms with E-state index in [2.05, 4.69) is 0 Å². The van der Waals surface area contributed by atoms with Gasteiger partial charge in [0, 0.05) is 30.3 Å². The normalized spacial score (nSPS) is 21.3. The molecule has 242 valence electrons. The number of aliphatic hydroxyl groups is 3. The number of aliphatic hydroxyl groups excluding tert-OH is 3. The van der Waals surface area contributed by atoms with Gasteiger partial charge in [-0.1, -0.05) is 6.07 Å². The van der Waals surface area contributed by atoms with Gasteiger partial charge in [-0.25, -0.2) is 9.21 Å². The lowest BCUT2D eigenvalue weighted by molar-refractivity contribution is -0.278. The monoisotopic (exact) mass is 641 g/mol. The highest BCUT2D eigenvalue weighted by Gasteiger charge is 2.46. The Labute approximate surface area is 259 Å². The maximum absolute atomic E-state index is 12.4. The molecule has 0 amide bonds. The van der Waals surface area contributed by atoms with Gasteiger partial charge >= 0.3 is 17.3 Å². The average Bonchev–Trinajstić information content (AvgIpc) is 3.02. The number of aromatic hydroxyl groups is 6. The molecule has 1 saturated heterocycles. The Bertz CT molecular complexity index is 1780. The summed E-state index contributed by atoms with van der Waals surface area (Å²) in [5, 5.41) is 91.8. The summed E-state index contributed by atoms with van der Waals surface area (Å²) >= 11 is 0. The van der Waals surface area contributed by atoms with Crippen LogP contribution in [-0.2, 0) is 14.3 Å². The highest BCUT2D eigenvalue weighted by Crippen LogP contribution is 2.45. The number of phenolic OH excluding ortho intramolecular Hbond substituents is 6. The molecule has 3 aromatic carbocycles. The third-order valence-electron chi connectivity index (χ3n) is 7.07. The van der Waals surface area contributed by atoms with Crippen molar-refractivity contribution in [2.24, 2.45) is 0 Å². The molecule has 5 atom stereocenters. The molecule has 0 radical (unpaired) electrons. The van der Waals surface area contributed by atoms with Crippen LogP contribution in [0.3, 0.4) is 0 Å². The molecular formula is C31H29O15+. The second-order valence-electron chi connectivity index (χ2n) is 10.2. The van der Waals surface area contributed by atoms with Crippen LogP contribution in [-0.4, -0.2) is 96.4 Å². The van der Waals surface area contributed by atoms with Gasteiger partial charge in [-0.3, -0.25) is 0 Å². The molecule has 0 spiro atoms. The highest BCUT2D eigenvalue weighted by molar-refractivity contribution is 5.89. The van der Waals surface area contributed by atoms with Gasteiger partial charge in [0.1, 0.15) is 47.9 Å². The Kier molecular flexibility index (Phi) is 8.93. The molecule has 15 nitrogen and oxygen atoms in total. The molecule has 5 rings (SSSR count). The SMILES string of the molecule is COc1cc(/C=C/C(=O)OC[C@H]2O[C@@H](Oc3cc4c(O)cc(O)cc4[o+]c3-c3cc(O)c(O)c(O)c3)[C@H](O)[C@@H](O)[C@@H]2O)ccc1O. The van der Waals surface area contributed by atoms with E-state index in [4.69, 9.17) is 23.4 Å². The molecule has 46 heavy (non-hydrogen) atoms. The number of fused-ring (bicyclic) bond motifs is 1. The summed E-state index contributed by atoms with van der Waals surface area (Å²) in [5.74, 6) is -4.38. The predicted octanol–water partition coefficient (Wildman–Crippen LogP) is 2.07. The van der Waals surface area contributed by atoms with Crippen molar-refractivity contribution in [1.82, 2.24) is 0 Å². The number of carbonyl (C=O) groups excluding carboxylic acids is 1.